The minimum Gasteiger partial charge on any atom is -0.462 e. The zero-order valence-corrected chi connectivity index (χ0v) is 50.4. The fourth-order valence-electron chi connectivity index (χ4n) is 10.5. The lowest BCUT2D eigenvalue weighted by Gasteiger charge is -2.18. The molecule has 1 atom stereocenters. The summed E-state index contributed by atoms with van der Waals surface area (Å²) in [5.74, 6) is -0.848. The number of allylic oxidation sites excluding steroid dienone is 2. The minimum atomic E-state index is -0.768. The molecular weight excluding hydrogens is 913 g/mol. The monoisotopic (exact) mass is 1040 g/mol. The van der Waals surface area contributed by atoms with Gasteiger partial charge in [-0.1, -0.05) is 341 Å². The lowest BCUT2D eigenvalue weighted by atomic mass is 10.0. The highest BCUT2D eigenvalue weighted by Crippen LogP contribution is 2.19. The van der Waals surface area contributed by atoms with E-state index in [4.69, 9.17) is 14.2 Å². The van der Waals surface area contributed by atoms with Crippen molar-refractivity contribution in [3.8, 4) is 0 Å². The molecule has 0 heterocycles. The summed E-state index contributed by atoms with van der Waals surface area (Å²) in [6.45, 7) is 6.65. The van der Waals surface area contributed by atoms with Crippen molar-refractivity contribution in [2.24, 2.45) is 0 Å². The first-order chi connectivity index (χ1) is 36.5. The second-order valence-electron chi connectivity index (χ2n) is 23.1. The lowest BCUT2D eigenvalue weighted by Crippen LogP contribution is -2.30. The molecule has 0 aromatic carbocycles. The molecule has 0 spiro atoms. The van der Waals surface area contributed by atoms with Crippen LogP contribution in [0.5, 0.6) is 0 Å². The molecule has 0 saturated carbocycles. The third kappa shape index (κ3) is 61.0. The van der Waals surface area contributed by atoms with Crippen LogP contribution >= 0.6 is 0 Å². The molecule has 0 aliphatic carbocycles. The van der Waals surface area contributed by atoms with Crippen molar-refractivity contribution in [3.05, 3.63) is 12.2 Å². The number of rotatable bonds is 63. The Morgan fingerprint density at radius 1 is 0.257 bits per heavy atom. The summed E-state index contributed by atoms with van der Waals surface area (Å²) in [5.41, 5.74) is 0. The molecule has 0 saturated heterocycles. The van der Waals surface area contributed by atoms with E-state index in [1.165, 1.54) is 276 Å². The van der Waals surface area contributed by atoms with Gasteiger partial charge in [-0.15, -0.1) is 0 Å². The van der Waals surface area contributed by atoms with Gasteiger partial charge in [-0.3, -0.25) is 14.4 Å². The topological polar surface area (TPSA) is 78.9 Å². The largest absolute Gasteiger partial charge is 0.462 e. The van der Waals surface area contributed by atoms with Crippen molar-refractivity contribution in [3.63, 3.8) is 0 Å². The van der Waals surface area contributed by atoms with Crippen LogP contribution in [0.3, 0.4) is 0 Å². The molecule has 438 valence electrons. The van der Waals surface area contributed by atoms with Crippen LogP contribution in [0.1, 0.15) is 387 Å². The van der Waals surface area contributed by atoms with Crippen LogP contribution in [0.25, 0.3) is 0 Å². The highest BCUT2D eigenvalue weighted by Gasteiger charge is 2.19. The summed E-state index contributed by atoms with van der Waals surface area (Å²) in [6.07, 6.45) is 75.4. The molecular formula is C68H130O6. The van der Waals surface area contributed by atoms with Gasteiger partial charge in [0.05, 0.1) is 0 Å². The third-order valence-corrected chi connectivity index (χ3v) is 15.5. The first kappa shape index (κ1) is 72.2. The van der Waals surface area contributed by atoms with E-state index in [-0.39, 0.29) is 31.1 Å². The summed E-state index contributed by atoms with van der Waals surface area (Å²) in [4.78, 5) is 38.2. The number of hydrogen-bond donors (Lipinski definition) is 0. The van der Waals surface area contributed by atoms with Gasteiger partial charge in [-0.25, -0.2) is 0 Å². The van der Waals surface area contributed by atoms with Gasteiger partial charge in [-0.05, 0) is 38.5 Å². The molecule has 0 aromatic rings. The van der Waals surface area contributed by atoms with Gasteiger partial charge in [0.2, 0.25) is 0 Å². The first-order valence-corrected chi connectivity index (χ1v) is 33.7. The Balaban J connectivity index is 4.07. The molecule has 1 unspecified atom stereocenters. The molecule has 74 heavy (non-hydrogen) atoms. The van der Waals surface area contributed by atoms with E-state index >= 15 is 0 Å². The molecule has 0 fully saturated rings. The summed E-state index contributed by atoms with van der Waals surface area (Å²) >= 11 is 0. The predicted molar refractivity (Wildman–Crippen MR) is 321 cm³/mol. The van der Waals surface area contributed by atoms with E-state index in [1.54, 1.807) is 0 Å². The van der Waals surface area contributed by atoms with E-state index in [0.717, 1.165) is 70.6 Å². The molecule has 0 aliphatic rings. The van der Waals surface area contributed by atoms with Crippen LogP contribution < -0.4 is 0 Å². The maximum absolute atomic E-state index is 12.9. The van der Waals surface area contributed by atoms with E-state index in [9.17, 15) is 14.4 Å². The summed E-state index contributed by atoms with van der Waals surface area (Å²) in [7, 11) is 0. The van der Waals surface area contributed by atoms with Crippen LogP contribution in [0.4, 0.5) is 0 Å². The lowest BCUT2D eigenvalue weighted by molar-refractivity contribution is -0.167. The Morgan fingerprint density at radius 3 is 0.730 bits per heavy atom. The van der Waals surface area contributed by atoms with Gasteiger partial charge in [0.25, 0.3) is 0 Å². The normalized spacial score (nSPS) is 12.0. The van der Waals surface area contributed by atoms with E-state index < -0.39 is 6.10 Å². The van der Waals surface area contributed by atoms with Gasteiger partial charge < -0.3 is 14.2 Å². The van der Waals surface area contributed by atoms with Crippen LogP contribution in [-0.2, 0) is 28.6 Å². The standard InChI is InChI=1S/C68H130O6/c1-4-7-10-13-16-19-22-24-26-28-29-30-31-32-33-34-35-36-37-38-39-41-42-44-46-49-52-55-58-61-67(70)73-64-65(63-72-66(69)60-57-54-51-48-21-18-15-12-9-6-3)74-68(71)62-59-56-53-50-47-45-43-40-27-25-23-20-17-14-11-8-5-2/h12,15,65H,4-11,13-14,16-64H2,1-3H3/b15-12-. The molecule has 0 bridgehead atoms. The van der Waals surface area contributed by atoms with Crippen LogP contribution in [-0.4, -0.2) is 37.2 Å². The predicted octanol–water partition coefficient (Wildman–Crippen LogP) is 22.8. The number of unbranched alkanes of at least 4 members (excludes halogenated alkanes) is 50. The highest BCUT2D eigenvalue weighted by molar-refractivity contribution is 5.71. The molecule has 6 nitrogen and oxygen atoms in total. The maximum atomic E-state index is 12.9. The molecule has 0 N–H and O–H groups in total. The van der Waals surface area contributed by atoms with Crippen molar-refractivity contribution in [1.29, 1.82) is 0 Å². The van der Waals surface area contributed by atoms with E-state index in [1.807, 2.05) is 0 Å². The average molecular weight is 1040 g/mol. The molecule has 0 aromatic heterocycles. The highest BCUT2D eigenvalue weighted by atomic mass is 16.6. The fraction of sp³-hybridized carbons (Fsp3) is 0.926. The van der Waals surface area contributed by atoms with Gasteiger partial charge >= 0.3 is 17.9 Å². The Hall–Kier alpha value is -1.85. The van der Waals surface area contributed by atoms with Crippen LogP contribution in [0.2, 0.25) is 0 Å². The summed E-state index contributed by atoms with van der Waals surface area (Å²) in [6, 6.07) is 0. The number of ether oxygens (including phenoxy) is 3. The Labute approximate surface area is 462 Å². The fourth-order valence-corrected chi connectivity index (χ4v) is 10.5. The maximum Gasteiger partial charge on any atom is 0.306 e. The van der Waals surface area contributed by atoms with Gasteiger partial charge in [-0.2, -0.15) is 0 Å². The molecule has 0 aliphatic heterocycles. The Bertz CT molecular complexity index is 1150. The molecule has 6 heteroatoms. The summed E-state index contributed by atoms with van der Waals surface area (Å²) < 4.78 is 16.9. The zero-order chi connectivity index (χ0) is 53.6. The van der Waals surface area contributed by atoms with Gasteiger partial charge in [0.15, 0.2) is 6.10 Å². The summed E-state index contributed by atoms with van der Waals surface area (Å²) in [5, 5.41) is 0. The SMILES string of the molecule is CCC/C=C\CCCCCCCC(=O)OCC(COC(=O)CCCCCCCCCCCCCCCCCCCCCCCCCCCCCCC)OC(=O)CCCCCCCCCCCCCCCCCCC. The second kappa shape index (κ2) is 63.7. The molecule has 0 rings (SSSR count). The smallest absolute Gasteiger partial charge is 0.306 e. The van der Waals surface area contributed by atoms with Crippen molar-refractivity contribution < 1.29 is 28.6 Å². The second-order valence-corrected chi connectivity index (χ2v) is 23.1. The number of carbonyl (C=O) groups is 3. The minimum absolute atomic E-state index is 0.0663. The quantitative estimate of drug-likeness (QED) is 0.0261. The van der Waals surface area contributed by atoms with Crippen molar-refractivity contribution in [2.45, 2.75) is 393 Å². The van der Waals surface area contributed by atoms with Crippen molar-refractivity contribution >= 4 is 17.9 Å². The van der Waals surface area contributed by atoms with Crippen LogP contribution in [0.15, 0.2) is 12.2 Å². The zero-order valence-electron chi connectivity index (χ0n) is 50.4. The number of carbonyl (C=O) groups excluding carboxylic acids is 3. The van der Waals surface area contributed by atoms with Gasteiger partial charge in [0.1, 0.15) is 13.2 Å². The molecule has 0 amide bonds. The third-order valence-electron chi connectivity index (χ3n) is 15.5. The Kier molecular flexibility index (Phi) is 62.1. The Morgan fingerprint density at radius 2 is 0.473 bits per heavy atom. The van der Waals surface area contributed by atoms with E-state index in [2.05, 4.69) is 32.9 Å². The van der Waals surface area contributed by atoms with Gasteiger partial charge in [0, 0.05) is 19.3 Å². The van der Waals surface area contributed by atoms with Crippen molar-refractivity contribution in [2.75, 3.05) is 13.2 Å². The number of hydrogen-bond acceptors (Lipinski definition) is 6. The molecule has 0 radical (unpaired) electrons. The average Bonchev–Trinajstić information content (AvgIpc) is 3.40. The first-order valence-electron chi connectivity index (χ1n) is 33.7. The van der Waals surface area contributed by atoms with E-state index in [0.29, 0.717) is 19.3 Å². The number of esters is 3. The van der Waals surface area contributed by atoms with Crippen molar-refractivity contribution in [1.82, 2.24) is 0 Å². The van der Waals surface area contributed by atoms with Crippen LogP contribution in [0, 0.1) is 0 Å².